The fourth-order valence-corrected chi connectivity index (χ4v) is 2.45. The van der Waals surface area contributed by atoms with E-state index in [2.05, 4.69) is 49.6 Å². The molecule has 2 heterocycles. The minimum Gasteiger partial charge on any atom is -0.364 e. The van der Waals surface area contributed by atoms with E-state index >= 15 is 0 Å². The summed E-state index contributed by atoms with van der Waals surface area (Å²) in [6, 6.07) is 9.99. The molecule has 0 fully saturated rings. The molecule has 5 heteroatoms. The molecule has 0 atom stereocenters. The average Bonchev–Trinajstić information content (AvgIpc) is 2.95. The van der Waals surface area contributed by atoms with Crippen LogP contribution in [0.2, 0.25) is 0 Å². The highest BCUT2D eigenvalue weighted by Crippen LogP contribution is 2.25. The average molecular weight is 318 g/mol. The third-order valence-electron chi connectivity index (χ3n) is 2.91. The molecule has 3 rings (SSSR count). The van der Waals surface area contributed by atoms with Gasteiger partial charge in [-0.1, -0.05) is 33.2 Å². The van der Waals surface area contributed by atoms with Gasteiger partial charge in [0.25, 0.3) is 0 Å². The highest BCUT2D eigenvalue weighted by atomic mass is 79.9. The smallest absolute Gasteiger partial charge is 0.124 e. The molecule has 0 unspecified atom stereocenters. The Kier molecular flexibility index (Phi) is 3.57. The highest BCUT2D eigenvalue weighted by Gasteiger charge is 2.05. The van der Waals surface area contributed by atoms with E-state index in [9.17, 15) is 0 Å². The molecular formula is C14H12BrN3O. The quantitative estimate of drug-likeness (QED) is 0.802. The van der Waals surface area contributed by atoms with E-state index in [-0.39, 0.29) is 0 Å². The van der Waals surface area contributed by atoms with E-state index in [1.807, 2.05) is 18.3 Å². The Hall–Kier alpha value is -1.72. The van der Waals surface area contributed by atoms with Crippen molar-refractivity contribution in [1.82, 2.24) is 15.5 Å². The van der Waals surface area contributed by atoms with E-state index in [4.69, 9.17) is 4.52 Å². The zero-order chi connectivity index (χ0) is 13.1. The van der Waals surface area contributed by atoms with Gasteiger partial charge in [-0.25, -0.2) is 0 Å². The fraction of sp³-hybridized carbons (Fsp3) is 0.143. The van der Waals surface area contributed by atoms with Gasteiger partial charge in [-0.15, -0.1) is 0 Å². The molecule has 4 nitrogen and oxygen atoms in total. The Morgan fingerprint density at radius 2 is 2.11 bits per heavy atom. The van der Waals surface area contributed by atoms with E-state index in [1.165, 1.54) is 5.56 Å². The number of aromatic nitrogens is 2. The summed E-state index contributed by atoms with van der Waals surface area (Å²) in [7, 11) is 0. The van der Waals surface area contributed by atoms with Crippen molar-refractivity contribution in [3.63, 3.8) is 0 Å². The molecule has 96 valence electrons. The number of benzene rings is 1. The van der Waals surface area contributed by atoms with Gasteiger partial charge in [-0.05, 0) is 17.7 Å². The van der Waals surface area contributed by atoms with Crippen LogP contribution in [0.4, 0.5) is 0 Å². The molecule has 19 heavy (non-hydrogen) atoms. The van der Waals surface area contributed by atoms with Crippen molar-refractivity contribution in [2.45, 2.75) is 13.1 Å². The first-order valence-corrected chi connectivity index (χ1v) is 6.76. The number of halogens is 1. The topological polar surface area (TPSA) is 51.0 Å². The summed E-state index contributed by atoms with van der Waals surface area (Å²) < 4.78 is 5.86. The van der Waals surface area contributed by atoms with Gasteiger partial charge < -0.3 is 9.84 Å². The van der Waals surface area contributed by atoms with Crippen molar-refractivity contribution in [3.8, 4) is 0 Å². The summed E-state index contributed by atoms with van der Waals surface area (Å²) in [5.74, 6) is 0. The highest BCUT2D eigenvalue weighted by molar-refractivity contribution is 9.10. The van der Waals surface area contributed by atoms with Crippen LogP contribution in [0.25, 0.3) is 10.9 Å². The molecule has 0 saturated heterocycles. The maximum Gasteiger partial charge on any atom is 0.124 e. The Morgan fingerprint density at radius 1 is 1.16 bits per heavy atom. The fourth-order valence-electron chi connectivity index (χ4n) is 1.99. The lowest BCUT2D eigenvalue weighted by Gasteiger charge is -2.07. The number of hydrogen-bond donors (Lipinski definition) is 1. The first-order valence-electron chi connectivity index (χ1n) is 5.96. The predicted octanol–water partition coefficient (Wildman–Crippen LogP) is 3.28. The lowest BCUT2D eigenvalue weighted by atomic mass is 10.1. The first kappa shape index (κ1) is 12.3. The van der Waals surface area contributed by atoms with Crippen molar-refractivity contribution in [2.75, 3.05) is 0 Å². The third kappa shape index (κ3) is 2.67. The molecule has 1 aromatic carbocycles. The SMILES string of the molecule is Brc1ccc(CNCc2ccon2)c2ncccc12. The molecule has 0 saturated carbocycles. The van der Waals surface area contributed by atoms with Crippen LogP contribution in [0, 0.1) is 0 Å². The van der Waals surface area contributed by atoms with Crippen LogP contribution >= 0.6 is 15.9 Å². The molecule has 0 bridgehead atoms. The number of nitrogens with zero attached hydrogens (tertiary/aromatic N) is 2. The molecule has 0 aliphatic carbocycles. The Bertz CT molecular complexity index is 682. The van der Waals surface area contributed by atoms with Crippen molar-refractivity contribution in [3.05, 3.63) is 58.5 Å². The molecule has 0 spiro atoms. The number of nitrogens with one attached hydrogen (secondary N) is 1. The summed E-state index contributed by atoms with van der Waals surface area (Å²) >= 11 is 3.55. The van der Waals surface area contributed by atoms with Crippen LogP contribution in [-0.4, -0.2) is 10.1 Å². The van der Waals surface area contributed by atoms with Gasteiger partial charge in [0.1, 0.15) is 6.26 Å². The van der Waals surface area contributed by atoms with Crippen LogP contribution in [0.5, 0.6) is 0 Å². The standard InChI is InChI=1S/C14H12BrN3O/c15-13-4-3-10(14-12(13)2-1-6-17-14)8-16-9-11-5-7-19-18-11/h1-7,16H,8-9H2. The van der Waals surface area contributed by atoms with Crippen LogP contribution in [-0.2, 0) is 13.1 Å². The zero-order valence-corrected chi connectivity index (χ0v) is 11.7. The van der Waals surface area contributed by atoms with Crippen LogP contribution in [0.3, 0.4) is 0 Å². The third-order valence-corrected chi connectivity index (χ3v) is 3.60. The van der Waals surface area contributed by atoms with E-state index in [0.29, 0.717) is 6.54 Å². The van der Waals surface area contributed by atoms with E-state index in [0.717, 1.165) is 27.6 Å². The molecule has 3 aromatic rings. The van der Waals surface area contributed by atoms with Crippen molar-refractivity contribution >= 4 is 26.8 Å². The van der Waals surface area contributed by atoms with Gasteiger partial charge in [-0.3, -0.25) is 4.98 Å². The summed E-state index contributed by atoms with van der Waals surface area (Å²) in [6.07, 6.45) is 3.39. The van der Waals surface area contributed by atoms with Gasteiger partial charge in [0.2, 0.25) is 0 Å². The van der Waals surface area contributed by atoms with Crippen molar-refractivity contribution in [2.24, 2.45) is 0 Å². The second-order valence-electron chi connectivity index (χ2n) is 4.20. The van der Waals surface area contributed by atoms with Crippen LogP contribution < -0.4 is 5.32 Å². The van der Waals surface area contributed by atoms with Gasteiger partial charge in [0.05, 0.1) is 11.2 Å². The van der Waals surface area contributed by atoms with Gasteiger partial charge in [0.15, 0.2) is 0 Å². The maximum atomic E-state index is 4.79. The normalized spacial score (nSPS) is 11.0. The van der Waals surface area contributed by atoms with E-state index < -0.39 is 0 Å². The van der Waals surface area contributed by atoms with Crippen LogP contribution in [0.1, 0.15) is 11.3 Å². The predicted molar refractivity (Wildman–Crippen MR) is 76.5 cm³/mol. The Labute approximate surface area is 119 Å². The minimum absolute atomic E-state index is 0.681. The largest absolute Gasteiger partial charge is 0.364 e. The molecule has 0 aliphatic rings. The number of rotatable bonds is 4. The monoisotopic (exact) mass is 317 g/mol. The summed E-state index contributed by atoms with van der Waals surface area (Å²) in [4.78, 5) is 4.45. The maximum absolute atomic E-state index is 4.79. The summed E-state index contributed by atoms with van der Waals surface area (Å²) in [5.41, 5.74) is 3.08. The number of hydrogen-bond acceptors (Lipinski definition) is 4. The molecule has 0 amide bonds. The zero-order valence-electron chi connectivity index (χ0n) is 10.1. The van der Waals surface area contributed by atoms with Gasteiger partial charge in [-0.2, -0.15) is 0 Å². The molecule has 0 radical (unpaired) electrons. The van der Waals surface area contributed by atoms with Crippen LogP contribution in [0.15, 0.2) is 51.8 Å². The van der Waals surface area contributed by atoms with Gasteiger partial charge in [0, 0.05) is 35.2 Å². The number of pyridine rings is 1. The first-order chi connectivity index (χ1) is 9.34. The minimum atomic E-state index is 0.681. The molecular weight excluding hydrogens is 306 g/mol. The number of fused-ring (bicyclic) bond motifs is 1. The Balaban J connectivity index is 1.79. The van der Waals surface area contributed by atoms with E-state index in [1.54, 1.807) is 6.26 Å². The van der Waals surface area contributed by atoms with Gasteiger partial charge >= 0.3 is 0 Å². The molecule has 1 N–H and O–H groups in total. The second kappa shape index (κ2) is 5.50. The van der Waals surface area contributed by atoms with Crippen molar-refractivity contribution in [1.29, 1.82) is 0 Å². The molecule has 0 aliphatic heterocycles. The molecule has 2 aromatic heterocycles. The summed E-state index contributed by atoms with van der Waals surface area (Å²) in [6.45, 7) is 1.43. The second-order valence-corrected chi connectivity index (χ2v) is 5.05. The van der Waals surface area contributed by atoms with Crippen molar-refractivity contribution < 1.29 is 4.52 Å². The lowest BCUT2D eigenvalue weighted by molar-refractivity contribution is 0.408. The lowest BCUT2D eigenvalue weighted by Crippen LogP contribution is -2.13. The summed E-state index contributed by atoms with van der Waals surface area (Å²) in [5, 5.41) is 8.33. The Morgan fingerprint density at radius 3 is 2.95 bits per heavy atom.